The van der Waals surface area contributed by atoms with Gasteiger partial charge < -0.3 is 10.2 Å². The molecule has 2 nitrogen and oxygen atoms in total. The third kappa shape index (κ3) is 3.42. The number of benzene rings is 1. The van der Waals surface area contributed by atoms with E-state index in [0.717, 1.165) is 12.8 Å². The topological polar surface area (TPSA) is 15.3 Å². The average molecular weight is 276 g/mol. The zero-order valence-corrected chi connectivity index (χ0v) is 14.2. The van der Waals surface area contributed by atoms with E-state index in [1.165, 1.54) is 24.0 Å². The molecule has 114 valence electrons. The molecule has 1 N–H and O–H groups in total. The van der Waals surface area contributed by atoms with Crippen molar-refractivity contribution in [3.8, 4) is 0 Å². The van der Waals surface area contributed by atoms with Gasteiger partial charge in [-0.2, -0.15) is 0 Å². The Morgan fingerprint density at radius 1 is 1.05 bits per heavy atom. The minimum Gasteiger partial charge on any atom is -0.311 e. The molecule has 0 spiro atoms. The molecule has 0 radical (unpaired) electrons. The van der Waals surface area contributed by atoms with Gasteiger partial charge in [0.05, 0.1) is 6.04 Å². The van der Waals surface area contributed by atoms with Crippen LogP contribution in [-0.4, -0.2) is 31.6 Å². The van der Waals surface area contributed by atoms with E-state index in [1.54, 1.807) is 0 Å². The summed E-state index contributed by atoms with van der Waals surface area (Å²) in [6.45, 7) is 6.81. The van der Waals surface area contributed by atoms with Crippen LogP contribution in [0.5, 0.6) is 0 Å². The van der Waals surface area contributed by atoms with Crippen LogP contribution in [0.1, 0.15) is 57.2 Å². The van der Waals surface area contributed by atoms with Gasteiger partial charge >= 0.3 is 0 Å². The van der Waals surface area contributed by atoms with Crippen molar-refractivity contribution in [1.29, 1.82) is 0 Å². The summed E-state index contributed by atoms with van der Waals surface area (Å²) < 4.78 is 0. The highest BCUT2D eigenvalue weighted by Gasteiger charge is 2.37. The molecule has 0 bridgehead atoms. The van der Waals surface area contributed by atoms with Crippen LogP contribution in [0.3, 0.4) is 0 Å². The maximum absolute atomic E-state index is 3.55. The van der Waals surface area contributed by atoms with Crippen LogP contribution in [0.25, 0.3) is 0 Å². The molecular formula is C18H32N2. The van der Waals surface area contributed by atoms with Gasteiger partial charge in [0.15, 0.2) is 0 Å². The second-order valence-corrected chi connectivity index (χ2v) is 5.92. The first-order valence-electron chi connectivity index (χ1n) is 7.99. The van der Waals surface area contributed by atoms with E-state index in [4.69, 9.17) is 0 Å². The molecule has 1 unspecified atom stereocenters. The van der Waals surface area contributed by atoms with Crippen LogP contribution in [0.2, 0.25) is 0 Å². The lowest BCUT2D eigenvalue weighted by Gasteiger charge is -2.45. The fourth-order valence-corrected chi connectivity index (χ4v) is 3.46. The van der Waals surface area contributed by atoms with Gasteiger partial charge in [0.1, 0.15) is 0 Å². The lowest BCUT2D eigenvalue weighted by atomic mass is 9.79. The highest BCUT2D eigenvalue weighted by atomic mass is 15.2. The van der Waals surface area contributed by atoms with E-state index < -0.39 is 0 Å². The molecule has 1 rings (SSSR count). The van der Waals surface area contributed by atoms with Crippen molar-refractivity contribution in [2.45, 2.75) is 58.0 Å². The van der Waals surface area contributed by atoms with Crippen LogP contribution in [0.15, 0.2) is 24.3 Å². The summed E-state index contributed by atoms with van der Waals surface area (Å²) in [6.07, 6.45) is 4.66. The van der Waals surface area contributed by atoms with Crippen molar-refractivity contribution in [1.82, 2.24) is 10.2 Å². The SMILES string of the molecule is CCCc1ccc(C(NC)C(CC)(CC)N(C)C)cc1. The molecule has 0 aliphatic rings. The Bertz CT molecular complexity index is 377. The number of rotatable bonds is 8. The molecule has 0 saturated heterocycles. The molecule has 1 atom stereocenters. The quantitative estimate of drug-likeness (QED) is 0.771. The van der Waals surface area contributed by atoms with Gasteiger partial charge in [0, 0.05) is 5.54 Å². The lowest BCUT2D eigenvalue weighted by Crippen LogP contribution is -2.52. The second kappa shape index (κ2) is 7.80. The Morgan fingerprint density at radius 3 is 1.95 bits per heavy atom. The van der Waals surface area contributed by atoms with Gasteiger partial charge in [-0.05, 0) is 51.5 Å². The average Bonchev–Trinajstić information content (AvgIpc) is 2.46. The van der Waals surface area contributed by atoms with Gasteiger partial charge in [-0.1, -0.05) is 51.5 Å². The van der Waals surface area contributed by atoms with Crippen molar-refractivity contribution in [3.63, 3.8) is 0 Å². The minimum absolute atomic E-state index is 0.168. The molecule has 20 heavy (non-hydrogen) atoms. The molecular weight excluding hydrogens is 244 g/mol. The predicted molar refractivity (Wildman–Crippen MR) is 89.2 cm³/mol. The molecule has 0 amide bonds. The molecule has 2 heteroatoms. The summed E-state index contributed by atoms with van der Waals surface area (Å²) in [5.41, 5.74) is 3.00. The number of aryl methyl sites for hydroxylation is 1. The summed E-state index contributed by atoms with van der Waals surface area (Å²) in [6, 6.07) is 9.54. The Kier molecular flexibility index (Phi) is 6.70. The number of likely N-dealkylation sites (N-methyl/N-ethyl adjacent to an activating group) is 2. The molecule has 1 aromatic rings. The Morgan fingerprint density at radius 2 is 1.60 bits per heavy atom. The second-order valence-electron chi connectivity index (χ2n) is 5.92. The molecule has 0 aliphatic carbocycles. The van der Waals surface area contributed by atoms with Gasteiger partial charge in [0.2, 0.25) is 0 Å². The normalized spacial score (nSPS) is 13.8. The Labute approximate surface area is 125 Å². The van der Waals surface area contributed by atoms with E-state index in [1.807, 2.05) is 0 Å². The minimum atomic E-state index is 0.168. The molecule has 0 fully saturated rings. The Hall–Kier alpha value is -0.860. The summed E-state index contributed by atoms with van der Waals surface area (Å²) in [5, 5.41) is 3.55. The third-order valence-electron chi connectivity index (χ3n) is 4.79. The van der Waals surface area contributed by atoms with Crippen molar-refractivity contribution < 1.29 is 0 Å². The van der Waals surface area contributed by atoms with Crippen molar-refractivity contribution in [3.05, 3.63) is 35.4 Å². The Balaban J connectivity index is 3.10. The van der Waals surface area contributed by atoms with E-state index in [-0.39, 0.29) is 5.54 Å². The number of hydrogen-bond donors (Lipinski definition) is 1. The number of nitrogens with one attached hydrogen (secondary N) is 1. The third-order valence-corrected chi connectivity index (χ3v) is 4.79. The molecule has 0 aliphatic heterocycles. The smallest absolute Gasteiger partial charge is 0.0504 e. The number of nitrogens with zero attached hydrogens (tertiary/aromatic N) is 1. The van der Waals surface area contributed by atoms with Crippen LogP contribution in [-0.2, 0) is 6.42 Å². The first-order valence-corrected chi connectivity index (χ1v) is 7.99. The van der Waals surface area contributed by atoms with E-state index in [2.05, 4.69) is 76.4 Å². The predicted octanol–water partition coefficient (Wildman–Crippen LogP) is 4.02. The van der Waals surface area contributed by atoms with Crippen LogP contribution < -0.4 is 5.32 Å². The molecule has 0 heterocycles. The monoisotopic (exact) mass is 276 g/mol. The van der Waals surface area contributed by atoms with Gasteiger partial charge in [-0.15, -0.1) is 0 Å². The van der Waals surface area contributed by atoms with Gasteiger partial charge in [-0.25, -0.2) is 0 Å². The molecule has 1 aromatic carbocycles. The fourth-order valence-electron chi connectivity index (χ4n) is 3.46. The van der Waals surface area contributed by atoms with Crippen molar-refractivity contribution >= 4 is 0 Å². The first-order chi connectivity index (χ1) is 9.55. The van der Waals surface area contributed by atoms with Gasteiger partial charge in [-0.3, -0.25) is 0 Å². The van der Waals surface area contributed by atoms with Crippen LogP contribution >= 0.6 is 0 Å². The fraction of sp³-hybridized carbons (Fsp3) is 0.667. The zero-order valence-electron chi connectivity index (χ0n) is 14.2. The van der Waals surface area contributed by atoms with E-state index in [9.17, 15) is 0 Å². The summed E-state index contributed by atoms with van der Waals surface area (Å²) >= 11 is 0. The maximum atomic E-state index is 3.55. The largest absolute Gasteiger partial charge is 0.311 e. The van der Waals surface area contributed by atoms with E-state index in [0.29, 0.717) is 6.04 Å². The summed E-state index contributed by atoms with van der Waals surface area (Å²) in [4.78, 5) is 2.38. The zero-order chi connectivity index (χ0) is 15.2. The lowest BCUT2D eigenvalue weighted by molar-refractivity contribution is 0.0918. The first kappa shape index (κ1) is 17.2. The van der Waals surface area contributed by atoms with Crippen LogP contribution in [0.4, 0.5) is 0 Å². The van der Waals surface area contributed by atoms with Crippen LogP contribution in [0, 0.1) is 0 Å². The standard InChI is InChI=1S/C18H32N2/c1-7-10-15-11-13-16(14-12-15)17(19-4)18(8-2,9-3)20(5)6/h11-14,17,19H,7-10H2,1-6H3. The number of hydrogen-bond acceptors (Lipinski definition) is 2. The molecule has 0 aromatic heterocycles. The maximum Gasteiger partial charge on any atom is 0.0504 e. The highest BCUT2D eigenvalue weighted by molar-refractivity contribution is 5.28. The van der Waals surface area contributed by atoms with E-state index >= 15 is 0 Å². The summed E-state index contributed by atoms with van der Waals surface area (Å²) in [7, 11) is 6.47. The van der Waals surface area contributed by atoms with Crippen molar-refractivity contribution in [2.24, 2.45) is 0 Å². The molecule has 0 saturated carbocycles. The summed E-state index contributed by atoms with van der Waals surface area (Å²) in [5.74, 6) is 0. The van der Waals surface area contributed by atoms with Gasteiger partial charge in [0.25, 0.3) is 0 Å². The van der Waals surface area contributed by atoms with Crippen molar-refractivity contribution in [2.75, 3.05) is 21.1 Å². The highest BCUT2D eigenvalue weighted by Crippen LogP contribution is 2.35.